The largest absolute Gasteiger partial charge is 0.282 e. The van der Waals surface area contributed by atoms with Crippen molar-refractivity contribution >= 4 is 0 Å². The molecule has 1 heterocycles. The topological polar surface area (TPSA) is 28.7 Å². The molecule has 0 aliphatic heterocycles. The van der Waals surface area contributed by atoms with E-state index in [4.69, 9.17) is 0 Å². The van der Waals surface area contributed by atoms with Gasteiger partial charge < -0.3 is 0 Å². The Morgan fingerprint density at radius 2 is 1.92 bits per heavy atom. The van der Waals surface area contributed by atoms with E-state index in [2.05, 4.69) is 44.8 Å². The van der Waals surface area contributed by atoms with Gasteiger partial charge in [-0.15, -0.1) is 0 Å². The minimum Gasteiger partial charge on any atom is -0.282 e. The number of rotatable bonds is 2. The lowest BCUT2D eigenvalue weighted by Gasteiger charge is -2.23. The number of aromatic nitrogens is 2. The maximum Gasteiger partial charge on any atom is 0.0631 e. The molecule has 0 radical (unpaired) electrons. The van der Waals surface area contributed by atoms with Crippen LogP contribution < -0.4 is 0 Å². The summed E-state index contributed by atoms with van der Waals surface area (Å²) in [6.07, 6.45) is 1.15. The van der Waals surface area contributed by atoms with Gasteiger partial charge in [-0.05, 0) is 25.7 Å². The molecular weight excluding hydrogens is 148 g/mol. The predicted molar refractivity (Wildman–Crippen MR) is 51.4 cm³/mol. The molecule has 0 fully saturated rings. The van der Waals surface area contributed by atoms with Crippen molar-refractivity contribution in [1.29, 1.82) is 0 Å². The lowest BCUT2D eigenvalue weighted by Crippen LogP contribution is -2.17. The highest BCUT2D eigenvalue weighted by Gasteiger charge is 2.23. The standard InChI is InChI=1S/C10H18N2/c1-6-10(4,5)9-7(2)11-12-8(9)3/h6H2,1-5H3,(H,11,12). The van der Waals surface area contributed by atoms with E-state index in [1.165, 1.54) is 11.3 Å². The van der Waals surface area contributed by atoms with Gasteiger partial charge in [0, 0.05) is 11.3 Å². The zero-order valence-electron chi connectivity index (χ0n) is 8.65. The quantitative estimate of drug-likeness (QED) is 0.719. The van der Waals surface area contributed by atoms with E-state index in [1.807, 2.05) is 0 Å². The van der Waals surface area contributed by atoms with Gasteiger partial charge in [0.2, 0.25) is 0 Å². The first-order chi connectivity index (χ1) is 5.49. The summed E-state index contributed by atoms with van der Waals surface area (Å²) in [4.78, 5) is 0. The van der Waals surface area contributed by atoms with Crippen LogP contribution in [0.25, 0.3) is 0 Å². The summed E-state index contributed by atoms with van der Waals surface area (Å²) in [5, 5.41) is 7.23. The maximum atomic E-state index is 4.21. The molecule has 0 amide bonds. The number of aryl methyl sites for hydroxylation is 2. The normalized spacial score (nSPS) is 12.1. The third kappa shape index (κ3) is 1.38. The van der Waals surface area contributed by atoms with Crippen LogP contribution >= 0.6 is 0 Å². The van der Waals surface area contributed by atoms with Gasteiger partial charge in [-0.3, -0.25) is 5.10 Å². The second-order valence-electron chi connectivity index (χ2n) is 4.05. The Morgan fingerprint density at radius 1 is 1.33 bits per heavy atom. The molecule has 0 bridgehead atoms. The van der Waals surface area contributed by atoms with E-state index < -0.39 is 0 Å². The minimum absolute atomic E-state index is 0.251. The Hall–Kier alpha value is -0.790. The van der Waals surface area contributed by atoms with Crippen LogP contribution in [0.3, 0.4) is 0 Å². The first-order valence-corrected chi connectivity index (χ1v) is 4.51. The Kier molecular flexibility index (Phi) is 2.27. The Morgan fingerprint density at radius 3 is 2.25 bits per heavy atom. The van der Waals surface area contributed by atoms with Gasteiger partial charge >= 0.3 is 0 Å². The number of aromatic amines is 1. The predicted octanol–water partition coefficient (Wildman–Crippen LogP) is 2.71. The lowest BCUT2D eigenvalue weighted by molar-refractivity contribution is 0.500. The van der Waals surface area contributed by atoms with E-state index in [1.54, 1.807) is 0 Å². The first-order valence-electron chi connectivity index (χ1n) is 4.51. The Balaban J connectivity index is 3.17. The molecule has 68 valence electrons. The third-order valence-electron chi connectivity index (χ3n) is 2.69. The highest BCUT2D eigenvalue weighted by molar-refractivity contribution is 5.30. The summed E-state index contributed by atoms with van der Waals surface area (Å²) < 4.78 is 0. The second-order valence-corrected chi connectivity index (χ2v) is 4.05. The molecule has 0 unspecified atom stereocenters. The zero-order valence-corrected chi connectivity index (χ0v) is 8.65. The molecule has 1 aromatic rings. The fraction of sp³-hybridized carbons (Fsp3) is 0.700. The second kappa shape index (κ2) is 2.92. The summed E-state index contributed by atoms with van der Waals surface area (Å²) in [7, 11) is 0. The lowest BCUT2D eigenvalue weighted by atomic mass is 9.81. The van der Waals surface area contributed by atoms with Crippen molar-refractivity contribution in [2.24, 2.45) is 0 Å². The number of hydrogen-bond acceptors (Lipinski definition) is 1. The fourth-order valence-electron chi connectivity index (χ4n) is 1.72. The van der Waals surface area contributed by atoms with Crippen LogP contribution in [0.2, 0.25) is 0 Å². The molecule has 12 heavy (non-hydrogen) atoms. The van der Waals surface area contributed by atoms with Crippen LogP contribution in [-0.4, -0.2) is 10.2 Å². The van der Waals surface area contributed by atoms with Gasteiger partial charge in [0.15, 0.2) is 0 Å². The minimum atomic E-state index is 0.251. The highest BCUT2D eigenvalue weighted by Crippen LogP contribution is 2.30. The van der Waals surface area contributed by atoms with Crippen molar-refractivity contribution in [2.45, 2.75) is 46.5 Å². The van der Waals surface area contributed by atoms with E-state index in [0.29, 0.717) is 0 Å². The number of nitrogens with one attached hydrogen (secondary N) is 1. The van der Waals surface area contributed by atoms with Crippen molar-refractivity contribution in [3.63, 3.8) is 0 Å². The van der Waals surface area contributed by atoms with E-state index in [-0.39, 0.29) is 5.41 Å². The van der Waals surface area contributed by atoms with Crippen LogP contribution in [0.15, 0.2) is 0 Å². The summed E-state index contributed by atoms with van der Waals surface area (Å²) >= 11 is 0. The van der Waals surface area contributed by atoms with Crippen molar-refractivity contribution in [3.8, 4) is 0 Å². The average Bonchev–Trinajstić information content (AvgIpc) is 2.31. The molecular formula is C10H18N2. The van der Waals surface area contributed by atoms with Crippen molar-refractivity contribution in [1.82, 2.24) is 10.2 Å². The number of nitrogens with zero attached hydrogens (tertiary/aromatic N) is 1. The molecule has 2 heteroatoms. The van der Waals surface area contributed by atoms with E-state index in [0.717, 1.165) is 12.1 Å². The van der Waals surface area contributed by atoms with Crippen LogP contribution in [0.1, 0.15) is 44.1 Å². The maximum absolute atomic E-state index is 4.21. The molecule has 1 N–H and O–H groups in total. The van der Waals surface area contributed by atoms with E-state index >= 15 is 0 Å². The van der Waals surface area contributed by atoms with Crippen LogP contribution in [0.5, 0.6) is 0 Å². The van der Waals surface area contributed by atoms with Crippen LogP contribution in [-0.2, 0) is 5.41 Å². The van der Waals surface area contributed by atoms with Crippen molar-refractivity contribution < 1.29 is 0 Å². The van der Waals surface area contributed by atoms with E-state index in [9.17, 15) is 0 Å². The molecule has 0 aliphatic carbocycles. The monoisotopic (exact) mass is 166 g/mol. The van der Waals surface area contributed by atoms with Crippen molar-refractivity contribution in [2.75, 3.05) is 0 Å². The Bertz CT molecular complexity index is 252. The summed E-state index contributed by atoms with van der Waals surface area (Å²) in [5.41, 5.74) is 3.98. The van der Waals surface area contributed by atoms with Crippen molar-refractivity contribution in [3.05, 3.63) is 17.0 Å². The summed E-state index contributed by atoms with van der Waals surface area (Å²) in [6.45, 7) is 10.9. The molecule has 0 saturated heterocycles. The van der Waals surface area contributed by atoms with Gasteiger partial charge in [0.1, 0.15) is 0 Å². The highest BCUT2D eigenvalue weighted by atomic mass is 15.1. The molecule has 0 saturated carbocycles. The van der Waals surface area contributed by atoms with Gasteiger partial charge in [-0.1, -0.05) is 20.8 Å². The first kappa shape index (κ1) is 9.30. The third-order valence-corrected chi connectivity index (χ3v) is 2.69. The van der Waals surface area contributed by atoms with Gasteiger partial charge in [-0.25, -0.2) is 0 Å². The molecule has 0 spiro atoms. The molecule has 0 aliphatic rings. The molecule has 0 atom stereocenters. The Labute approximate surface area is 74.4 Å². The van der Waals surface area contributed by atoms with Crippen LogP contribution in [0, 0.1) is 13.8 Å². The molecule has 1 rings (SSSR count). The van der Waals surface area contributed by atoms with Gasteiger partial charge in [0.25, 0.3) is 0 Å². The number of hydrogen-bond donors (Lipinski definition) is 1. The zero-order chi connectivity index (χ0) is 9.35. The molecule has 1 aromatic heterocycles. The molecule has 0 aromatic carbocycles. The smallest absolute Gasteiger partial charge is 0.0631 e. The summed E-state index contributed by atoms with van der Waals surface area (Å²) in [5.74, 6) is 0. The molecule has 2 nitrogen and oxygen atoms in total. The average molecular weight is 166 g/mol. The van der Waals surface area contributed by atoms with Gasteiger partial charge in [-0.2, -0.15) is 5.10 Å². The number of H-pyrrole nitrogens is 1. The van der Waals surface area contributed by atoms with Crippen LogP contribution in [0.4, 0.5) is 0 Å². The fourth-order valence-corrected chi connectivity index (χ4v) is 1.72. The summed E-state index contributed by atoms with van der Waals surface area (Å²) in [6, 6.07) is 0. The SMILES string of the molecule is CCC(C)(C)c1c(C)n[nH]c1C. The van der Waals surface area contributed by atoms with Gasteiger partial charge in [0.05, 0.1) is 5.69 Å².